The lowest BCUT2D eigenvalue weighted by atomic mass is 9.89. The van der Waals surface area contributed by atoms with E-state index in [4.69, 9.17) is 4.98 Å². The fraction of sp³-hybridized carbons (Fsp3) is 0.417. The summed E-state index contributed by atoms with van der Waals surface area (Å²) in [4.78, 5) is 15.9. The number of nitrogens with one attached hydrogen (secondary N) is 1. The Bertz CT molecular complexity index is 1550. The van der Waals surface area contributed by atoms with Gasteiger partial charge in [-0.25, -0.2) is 23.4 Å². The van der Waals surface area contributed by atoms with E-state index in [-0.39, 0.29) is 23.6 Å². The van der Waals surface area contributed by atoms with Gasteiger partial charge in [-0.1, -0.05) is 31.3 Å². The maximum atomic E-state index is 14.1. The van der Waals surface area contributed by atoms with Crippen LogP contribution in [0.3, 0.4) is 0 Å². The predicted molar refractivity (Wildman–Crippen MR) is 141 cm³/mol. The number of sulfone groups is 1. The molecule has 36 heavy (non-hydrogen) atoms. The summed E-state index contributed by atoms with van der Waals surface area (Å²) in [5.41, 5.74) is 3.30. The molecule has 0 saturated carbocycles. The number of thiazole rings is 1. The summed E-state index contributed by atoms with van der Waals surface area (Å²) in [5, 5.41) is 9.08. The van der Waals surface area contributed by atoms with Crippen molar-refractivity contribution in [3.63, 3.8) is 0 Å². The van der Waals surface area contributed by atoms with Crippen LogP contribution in [0.5, 0.6) is 0 Å². The third-order valence-corrected chi connectivity index (χ3v) is 8.55. The van der Waals surface area contributed by atoms with Gasteiger partial charge in [-0.2, -0.15) is 4.39 Å². The second-order valence-corrected chi connectivity index (χ2v) is 12.9. The molecular formula is C24H28FN7O2S2. The molecule has 1 saturated heterocycles. The topological polar surface area (TPSA) is 106 Å². The van der Waals surface area contributed by atoms with Crippen LogP contribution in [0.4, 0.5) is 21.0 Å². The standard InChI is InChI=1S/C24H28FN7O2S2/c1-13(2)16-6-7-19(32-10-15(14(32)3)12-36(5,33)34)17-8-27-24(29-21(16)17)28-20-9-26-23(35-20)18-11-31(4)30-22(18)25/h6-9,11,13-15H,10,12H2,1-5H3,(H,27,28,29)/t14-,15-/m1/s1. The van der Waals surface area contributed by atoms with Crippen LogP contribution < -0.4 is 10.2 Å². The molecule has 0 bridgehead atoms. The minimum atomic E-state index is -3.03. The Balaban J connectivity index is 1.45. The lowest BCUT2D eigenvalue weighted by molar-refractivity contribution is 0.342. The molecule has 4 heterocycles. The molecule has 9 nitrogen and oxygen atoms in total. The number of nitrogens with zero attached hydrogens (tertiary/aromatic N) is 6. The van der Waals surface area contributed by atoms with E-state index in [1.54, 1.807) is 19.4 Å². The summed E-state index contributed by atoms with van der Waals surface area (Å²) < 4.78 is 39.0. The van der Waals surface area contributed by atoms with Gasteiger partial charge in [0.15, 0.2) is 0 Å². The van der Waals surface area contributed by atoms with Gasteiger partial charge >= 0.3 is 0 Å². The Labute approximate surface area is 213 Å². The molecule has 4 aromatic rings. The van der Waals surface area contributed by atoms with Gasteiger partial charge < -0.3 is 10.2 Å². The monoisotopic (exact) mass is 529 g/mol. The third kappa shape index (κ3) is 4.66. The van der Waals surface area contributed by atoms with Gasteiger partial charge in [0.05, 0.1) is 23.0 Å². The zero-order valence-corrected chi connectivity index (χ0v) is 22.4. The molecular weight excluding hydrogens is 501 g/mol. The Morgan fingerprint density at radius 3 is 2.67 bits per heavy atom. The van der Waals surface area contributed by atoms with Gasteiger partial charge in [0, 0.05) is 55.3 Å². The fourth-order valence-electron chi connectivity index (χ4n) is 4.66. The Kier molecular flexibility index (Phi) is 6.19. The van der Waals surface area contributed by atoms with Crippen molar-refractivity contribution in [3.8, 4) is 10.6 Å². The SMILES string of the molecule is CC(C)c1ccc(N2C[C@H](CS(C)(=O)=O)[C@H]2C)c2cnc(Nc3cnc(-c4cn(C)nc4F)s3)nc12. The highest BCUT2D eigenvalue weighted by Gasteiger charge is 2.38. The highest BCUT2D eigenvalue weighted by Crippen LogP contribution is 2.39. The molecule has 0 spiro atoms. The Morgan fingerprint density at radius 2 is 2.03 bits per heavy atom. The minimum absolute atomic E-state index is 0.104. The number of halogens is 1. The summed E-state index contributed by atoms with van der Waals surface area (Å²) in [7, 11) is -1.36. The van der Waals surface area contributed by atoms with Crippen LogP contribution in [0, 0.1) is 11.9 Å². The summed E-state index contributed by atoms with van der Waals surface area (Å²) in [6.45, 7) is 6.98. The number of fused-ring (bicyclic) bond motifs is 1. The molecule has 1 aromatic carbocycles. The minimum Gasteiger partial charge on any atom is -0.367 e. The van der Waals surface area contributed by atoms with E-state index < -0.39 is 15.8 Å². The first-order chi connectivity index (χ1) is 17.0. The molecule has 1 N–H and O–H groups in total. The van der Waals surface area contributed by atoms with Crippen molar-refractivity contribution in [3.05, 3.63) is 42.2 Å². The summed E-state index contributed by atoms with van der Waals surface area (Å²) in [5.74, 6) is 0.409. The van der Waals surface area contributed by atoms with Crippen molar-refractivity contribution >= 4 is 48.7 Å². The van der Waals surface area contributed by atoms with Crippen molar-refractivity contribution in [2.75, 3.05) is 28.8 Å². The second-order valence-electron chi connectivity index (χ2n) is 9.69. The molecule has 0 aliphatic carbocycles. The van der Waals surface area contributed by atoms with Gasteiger partial charge in [0.25, 0.3) is 0 Å². The van der Waals surface area contributed by atoms with Crippen LogP contribution in [0.1, 0.15) is 32.3 Å². The third-order valence-electron chi connectivity index (χ3n) is 6.57. The molecule has 190 valence electrons. The van der Waals surface area contributed by atoms with Crippen LogP contribution in [-0.2, 0) is 16.9 Å². The van der Waals surface area contributed by atoms with Crippen LogP contribution in [0.15, 0.2) is 30.7 Å². The van der Waals surface area contributed by atoms with E-state index in [0.717, 1.165) is 22.2 Å². The maximum Gasteiger partial charge on any atom is 0.242 e. The average Bonchev–Trinajstić information content (AvgIpc) is 3.39. The lowest BCUT2D eigenvalue weighted by Gasteiger charge is -2.48. The van der Waals surface area contributed by atoms with Gasteiger partial charge in [-0.3, -0.25) is 4.68 Å². The summed E-state index contributed by atoms with van der Waals surface area (Å²) in [6, 6.07) is 4.28. The normalized spacial score (nSPS) is 18.1. The second kappa shape index (κ2) is 9.07. The lowest BCUT2D eigenvalue weighted by Crippen LogP contribution is -2.57. The van der Waals surface area contributed by atoms with E-state index in [1.807, 2.05) is 6.20 Å². The maximum absolute atomic E-state index is 14.1. The number of hydrogen-bond acceptors (Lipinski definition) is 9. The number of rotatable bonds is 7. The van der Waals surface area contributed by atoms with Crippen LogP contribution in [-0.4, -0.2) is 57.7 Å². The largest absolute Gasteiger partial charge is 0.367 e. The molecule has 3 aromatic heterocycles. The smallest absolute Gasteiger partial charge is 0.242 e. The fourth-order valence-corrected chi connectivity index (χ4v) is 6.63. The predicted octanol–water partition coefficient (Wildman–Crippen LogP) is 4.36. The number of aryl methyl sites for hydroxylation is 1. The number of aromatic nitrogens is 5. The Morgan fingerprint density at radius 1 is 1.25 bits per heavy atom. The average molecular weight is 530 g/mol. The van der Waals surface area contributed by atoms with Crippen LogP contribution in [0.25, 0.3) is 21.5 Å². The highest BCUT2D eigenvalue weighted by atomic mass is 32.2. The van der Waals surface area contributed by atoms with Crippen molar-refractivity contribution < 1.29 is 12.8 Å². The van der Waals surface area contributed by atoms with Crippen LogP contribution in [0.2, 0.25) is 0 Å². The zero-order chi connectivity index (χ0) is 25.8. The van der Waals surface area contributed by atoms with Gasteiger partial charge in [0.1, 0.15) is 19.8 Å². The van der Waals surface area contributed by atoms with Crippen molar-refractivity contribution in [2.45, 2.75) is 32.7 Å². The first kappa shape index (κ1) is 24.6. The molecule has 1 aliphatic rings. The van der Waals surface area contributed by atoms with Crippen molar-refractivity contribution in [1.82, 2.24) is 24.7 Å². The number of anilines is 3. The molecule has 1 aliphatic heterocycles. The van der Waals surface area contributed by atoms with E-state index in [2.05, 4.69) is 58.2 Å². The van der Waals surface area contributed by atoms with Crippen molar-refractivity contribution in [1.29, 1.82) is 0 Å². The first-order valence-corrected chi connectivity index (χ1v) is 14.5. The molecule has 2 atom stereocenters. The molecule has 0 amide bonds. The van der Waals surface area contributed by atoms with Gasteiger partial charge in [-0.15, -0.1) is 5.10 Å². The van der Waals surface area contributed by atoms with Gasteiger partial charge in [0.2, 0.25) is 11.9 Å². The van der Waals surface area contributed by atoms with Crippen LogP contribution >= 0.6 is 11.3 Å². The molecule has 0 radical (unpaired) electrons. The van der Waals surface area contributed by atoms with E-state index in [9.17, 15) is 12.8 Å². The summed E-state index contributed by atoms with van der Waals surface area (Å²) >= 11 is 1.30. The van der Waals surface area contributed by atoms with E-state index in [0.29, 0.717) is 28.1 Å². The zero-order valence-electron chi connectivity index (χ0n) is 20.7. The Hall–Kier alpha value is -3.12. The quantitative estimate of drug-likeness (QED) is 0.376. The highest BCUT2D eigenvalue weighted by molar-refractivity contribution is 7.90. The molecule has 0 unspecified atom stereocenters. The van der Waals surface area contributed by atoms with Gasteiger partial charge in [-0.05, 0) is 24.5 Å². The first-order valence-electron chi connectivity index (χ1n) is 11.7. The van der Waals surface area contributed by atoms with E-state index in [1.165, 1.54) is 22.3 Å². The molecule has 1 fully saturated rings. The summed E-state index contributed by atoms with van der Waals surface area (Å²) in [6.07, 6.45) is 6.32. The molecule has 5 rings (SSSR count). The number of benzene rings is 1. The van der Waals surface area contributed by atoms with Crippen molar-refractivity contribution in [2.24, 2.45) is 13.0 Å². The molecule has 12 heteroatoms. The number of hydrogen-bond donors (Lipinski definition) is 1. The van der Waals surface area contributed by atoms with E-state index >= 15 is 0 Å².